The number of nitrogens with one attached hydrogen (secondary N) is 1. The van der Waals surface area contributed by atoms with Crippen molar-refractivity contribution in [3.05, 3.63) is 83.2 Å². The minimum absolute atomic E-state index is 0.368. The third kappa shape index (κ3) is 4.31. The molecule has 0 unspecified atom stereocenters. The van der Waals surface area contributed by atoms with E-state index in [0.717, 1.165) is 22.6 Å². The lowest BCUT2D eigenvalue weighted by atomic mass is 10.2. The van der Waals surface area contributed by atoms with Crippen LogP contribution in [-0.2, 0) is 9.53 Å². The Bertz CT molecular complexity index is 966. The smallest absolute Gasteiger partial charge is 0.338 e. The molecular formula is C23H24N2O3. The van der Waals surface area contributed by atoms with Crippen molar-refractivity contribution in [1.29, 1.82) is 0 Å². The lowest BCUT2D eigenvalue weighted by molar-refractivity contribution is -0.123. The number of nitrogens with zero attached hydrogens (tertiary/aromatic N) is 1. The molecule has 0 saturated carbocycles. The molecule has 0 aliphatic heterocycles. The quantitative estimate of drug-likeness (QED) is 0.663. The number of aryl methyl sites for hydroxylation is 3. The molecule has 1 amide bonds. The summed E-state index contributed by atoms with van der Waals surface area (Å²) in [5.41, 5.74) is 5.39. The zero-order valence-electron chi connectivity index (χ0n) is 16.5. The van der Waals surface area contributed by atoms with Crippen LogP contribution in [0.5, 0.6) is 0 Å². The summed E-state index contributed by atoms with van der Waals surface area (Å²) in [4.78, 5) is 24.6. The van der Waals surface area contributed by atoms with Crippen LogP contribution in [0, 0.1) is 20.8 Å². The average molecular weight is 376 g/mol. The summed E-state index contributed by atoms with van der Waals surface area (Å²) in [6, 6.07) is 18.7. The predicted molar refractivity (Wildman–Crippen MR) is 110 cm³/mol. The van der Waals surface area contributed by atoms with Gasteiger partial charge in [0.2, 0.25) is 0 Å². The van der Waals surface area contributed by atoms with E-state index in [4.69, 9.17) is 4.74 Å². The molecule has 0 aliphatic carbocycles. The molecule has 5 heteroatoms. The van der Waals surface area contributed by atoms with Crippen molar-refractivity contribution in [2.24, 2.45) is 0 Å². The fraction of sp³-hybridized carbons (Fsp3) is 0.217. The van der Waals surface area contributed by atoms with Gasteiger partial charge in [0.05, 0.1) is 5.56 Å². The summed E-state index contributed by atoms with van der Waals surface area (Å²) < 4.78 is 7.42. The fourth-order valence-electron chi connectivity index (χ4n) is 2.99. The topological polar surface area (TPSA) is 60.3 Å². The van der Waals surface area contributed by atoms with Gasteiger partial charge >= 0.3 is 5.97 Å². The first kappa shape index (κ1) is 19.4. The van der Waals surface area contributed by atoms with Crippen molar-refractivity contribution >= 4 is 17.6 Å². The van der Waals surface area contributed by atoms with Gasteiger partial charge in [-0.25, -0.2) is 4.79 Å². The van der Waals surface area contributed by atoms with Gasteiger partial charge in [-0.3, -0.25) is 4.79 Å². The number of hydrogen-bond acceptors (Lipinski definition) is 3. The van der Waals surface area contributed by atoms with Crippen LogP contribution in [0.3, 0.4) is 0 Å². The minimum Gasteiger partial charge on any atom is -0.449 e. The maximum atomic E-state index is 12.4. The second-order valence-electron chi connectivity index (χ2n) is 6.90. The van der Waals surface area contributed by atoms with Gasteiger partial charge < -0.3 is 14.6 Å². The van der Waals surface area contributed by atoms with Crippen LogP contribution in [-0.4, -0.2) is 22.5 Å². The van der Waals surface area contributed by atoms with Crippen molar-refractivity contribution in [2.75, 3.05) is 5.32 Å². The Balaban J connectivity index is 1.63. The third-order valence-electron chi connectivity index (χ3n) is 4.60. The van der Waals surface area contributed by atoms with E-state index in [1.165, 1.54) is 0 Å². The van der Waals surface area contributed by atoms with Crippen molar-refractivity contribution in [3.8, 4) is 5.69 Å². The molecule has 3 rings (SSSR count). The summed E-state index contributed by atoms with van der Waals surface area (Å²) in [5.74, 6) is -0.897. The van der Waals surface area contributed by atoms with Crippen molar-refractivity contribution < 1.29 is 14.3 Å². The molecule has 2 aromatic carbocycles. The maximum Gasteiger partial charge on any atom is 0.338 e. The molecule has 0 saturated heterocycles. The Morgan fingerprint density at radius 3 is 2.00 bits per heavy atom. The predicted octanol–water partition coefficient (Wildman–Crippen LogP) is 4.59. The minimum atomic E-state index is -0.901. The first-order valence-corrected chi connectivity index (χ1v) is 9.19. The number of esters is 1. The molecule has 28 heavy (non-hydrogen) atoms. The number of aromatic nitrogens is 1. The van der Waals surface area contributed by atoms with Crippen LogP contribution >= 0.6 is 0 Å². The van der Waals surface area contributed by atoms with Gasteiger partial charge in [0.15, 0.2) is 6.10 Å². The average Bonchev–Trinajstić information content (AvgIpc) is 3.02. The number of benzene rings is 2. The third-order valence-corrected chi connectivity index (χ3v) is 4.60. The second kappa shape index (κ2) is 8.13. The number of ether oxygens (including phenoxy) is 1. The molecule has 1 heterocycles. The second-order valence-corrected chi connectivity index (χ2v) is 6.90. The van der Waals surface area contributed by atoms with Gasteiger partial charge in [-0.1, -0.05) is 17.7 Å². The van der Waals surface area contributed by atoms with E-state index in [0.29, 0.717) is 11.3 Å². The molecule has 3 aromatic rings. The molecule has 0 fully saturated rings. The van der Waals surface area contributed by atoms with Crippen molar-refractivity contribution in [1.82, 2.24) is 4.57 Å². The van der Waals surface area contributed by atoms with Crippen LogP contribution in [0.1, 0.15) is 34.2 Å². The summed E-state index contributed by atoms with van der Waals surface area (Å²) in [6.07, 6.45) is -0.901. The van der Waals surface area contributed by atoms with E-state index >= 15 is 0 Å². The Morgan fingerprint density at radius 1 is 0.857 bits per heavy atom. The largest absolute Gasteiger partial charge is 0.449 e. The number of carbonyl (C=O) groups is 2. The highest BCUT2D eigenvalue weighted by Gasteiger charge is 2.19. The van der Waals surface area contributed by atoms with Crippen LogP contribution in [0.15, 0.2) is 60.7 Å². The number of carbonyl (C=O) groups excluding carboxylic acids is 2. The van der Waals surface area contributed by atoms with Gasteiger partial charge in [-0.15, -0.1) is 0 Å². The Morgan fingerprint density at radius 2 is 1.43 bits per heavy atom. The van der Waals surface area contributed by atoms with Gasteiger partial charge in [-0.2, -0.15) is 0 Å². The Kier molecular flexibility index (Phi) is 5.64. The highest BCUT2D eigenvalue weighted by molar-refractivity contribution is 5.97. The molecule has 0 radical (unpaired) electrons. The number of amides is 1. The first-order chi connectivity index (χ1) is 13.3. The zero-order chi connectivity index (χ0) is 20.3. The zero-order valence-corrected chi connectivity index (χ0v) is 16.5. The molecule has 144 valence electrons. The van der Waals surface area contributed by atoms with E-state index in [9.17, 15) is 9.59 Å². The number of anilines is 1. The number of rotatable bonds is 5. The molecule has 1 aromatic heterocycles. The molecule has 0 aliphatic rings. The molecule has 1 N–H and O–H groups in total. The Hall–Kier alpha value is -3.34. The lowest BCUT2D eigenvalue weighted by Gasteiger charge is -2.14. The summed E-state index contributed by atoms with van der Waals surface area (Å²) >= 11 is 0. The molecular weight excluding hydrogens is 352 g/mol. The van der Waals surface area contributed by atoms with Crippen LogP contribution in [0.25, 0.3) is 5.69 Å². The molecule has 5 nitrogen and oxygen atoms in total. The van der Waals surface area contributed by atoms with Crippen LogP contribution in [0.2, 0.25) is 0 Å². The van der Waals surface area contributed by atoms with Crippen molar-refractivity contribution in [3.63, 3.8) is 0 Å². The van der Waals surface area contributed by atoms with E-state index in [1.54, 1.807) is 19.1 Å². The SMILES string of the molecule is Cc1ccc(NC(=O)[C@H](C)OC(=O)c2ccc(-n3c(C)ccc3C)cc2)cc1. The Labute approximate surface area is 165 Å². The monoisotopic (exact) mass is 376 g/mol. The highest BCUT2D eigenvalue weighted by Crippen LogP contribution is 2.17. The molecule has 0 spiro atoms. The van der Waals surface area contributed by atoms with Crippen molar-refractivity contribution in [2.45, 2.75) is 33.8 Å². The van der Waals surface area contributed by atoms with E-state index in [2.05, 4.69) is 9.88 Å². The first-order valence-electron chi connectivity index (χ1n) is 9.19. The number of hydrogen-bond donors (Lipinski definition) is 1. The molecule has 1 atom stereocenters. The van der Waals surface area contributed by atoms with E-state index in [1.807, 2.05) is 69.3 Å². The summed E-state index contributed by atoms with van der Waals surface area (Å²) in [7, 11) is 0. The van der Waals surface area contributed by atoms with Gasteiger partial charge in [-0.05, 0) is 76.2 Å². The lowest BCUT2D eigenvalue weighted by Crippen LogP contribution is -2.30. The van der Waals surface area contributed by atoms with Gasteiger partial charge in [0, 0.05) is 22.8 Å². The molecule has 0 bridgehead atoms. The van der Waals surface area contributed by atoms with Crippen LogP contribution in [0.4, 0.5) is 5.69 Å². The standard InChI is InChI=1S/C23H24N2O3/c1-15-5-11-20(12-6-15)24-22(26)18(4)28-23(27)19-9-13-21(14-10-19)25-16(2)7-8-17(25)3/h5-14,18H,1-4H3,(H,24,26)/t18-/m0/s1. The highest BCUT2D eigenvalue weighted by atomic mass is 16.5. The summed E-state index contributed by atoms with van der Waals surface area (Å²) in [5, 5.41) is 2.75. The van der Waals surface area contributed by atoms with Crippen LogP contribution < -0.4 is 5.32 Å². The maximum absolute atomic E-state index is 12.4. The normalized spacial score (nSPS) is 11.7. The van der Waals surface area contributed by atoms with Gasteiger partial charge in [0.25, 0.3) is 5.91 Å². The van der Waals surface area contributed by atoms with Gasteiger partial charge in [0.1, 0.15) is 0 Å². The van der Waals surface area contributed by atoms with E-state index in [-0.39, 0.29) is 5.91 Å². The fourth-order valence-corrected chi connectivity index (χ4v) is 2.99. The summed E-state index contributed by atoms with van der Waals surface area (Å²) in [6.45, 7) is 7.59. The van der Waals surface area contributed by atoms with E-state index < -0.39 is 12.1 Å².